The molecule has 0 heterocycles. The van der Waals surface area contributed by atoms with Gasteiger partial charge in [0.1, 0.15) is 0 Å². The molecule has 0 radical (unpaired) electrons. The zero-order valence-corrected chi connectivity index (χ0v) is 13.1. The van der Waals surface area contributed by atoms with Crippen LogP contribution in [0.5, 0.6) is 0 Å². The Bertz CT molecular complexity index is 435. The first-order chi connectivity index (χ1) is 9.25. The van der Waals surface area contributed by atoms with Crippen LogP contribution in [0, 0.1) is 5.41 Å². The van der Waals surface area contributed by atoms with Gasteiger partial charge in [-0.15, -0.1) is 0 Å². The molecule has 0 spiro atoms. The van der Waals surface area contributed by atoms with Gasteiger partial charge in [-0.2, -0.15) is 0 Å². The fourth-order valence-corrected chi connectivity index (χ4v) is 1.65. The van der Waals surface area contributed by atoms with E-state index >= 15 is 0 Å². The standard InChI is InChI=1S/C16H26N2O2/c1-6-18(5)13-9-7-12(8-10-13)15(20)17-11-14(19)16(2,3)4/h7-10,14,19H,6,11H2,1-5H3,(H,17,20). The molecule has 20 heavy (non-hydrogen) atoms. The van der Waals surface area contributed by atoms with Crippen LogP contribution in [0.3, 0.4) is 0 Å². The molecule has 112 valence electrons. The summed E-state index contributed by atoms with van der Waals surface area (Å²) in [5, 5.41) is 12.7. The van der Waals surface area contributed by atoms with E-state index in [1.54, 1.807) is 12.1 Å². The van der Waals surface area contributed by atoms with E-state index in [0.717, 1.165) is 12.2 Å². The van der Waals surface area contributed by atoms with E-state index in [0.29, 0.717) is 5.56 Å². The SMILES string of the molecule is CCN(C)c1ccc(C(=O)NCC(O)C(C)(C)C)cc1. The van der Waals surface area contributed by atoms with Crippen molar-refractivity contribution in [1.29, 1.82) is 0 Å². The molecule has 2 N–H and O–H groups in total. The minimum absolute atomic E-state index is 0.154. The number of nitrogens with zero attached hydrogens (tertiary/aromatic N) is 1. The monoisotopic (exact) mass is 278 g/mol. The molecule has 4 nitrogen and oxygen atoms in total. The maximum Gasteiger partial charge on any atom is 0.251 e. The lowest BCUT2D eigenvalue weighted by Gasteiger charge is -2.25. The molecule has 0 saturated carbocycles. The number of hydrogen-bond donors (Lipinski definition) is 2. The van der Waals surface area contributed by atoms with Crippen molar-refractivity contribution in [3.8, 4) is 0 Å². The third-order valence-corrected chi connectivity index (χ3v) is 3.50. The number of nitrogens with one attached hydrogen (secondary N) is 1. The van der Waals surface area contributed by atoms with Gasteiger partial charge >= 0.3 is 0 Å². The molecule has 0 saturated heterocycles. The maximum atomic E-state index is 12.0. The van der Waals surface area contributed by atoms with Crippen molar-refractivity contribution in [3.05, 3.63) is 29.8 Å². The van der Waals surface area contributed by atoms with Gasteiger partial charge in [0, 0.05) is 31.4 Å². The van der Waals surface area contributed by atoms with Crippen LogP contribution in [0.4, 0.5) is 5.69 Å². The van der Waals surface area contributed by atoms with Crippen molar-refractivity contribution < 1.29 is 9.90 Å². The molecule has 0 aliphatic rings. The minimum atomic E-state index is -0.558. The Morgan fingerprint density at radius 1 is 1.30 bits per heavy atom. The van der Waals surface area contributed by atoms with Gasteiger partial charge in [0.05, 0.1) is 6.10 Å². The lowest BCUT2D eigenvalue weighted by atomic mass is 9.89. The van der Waals surface area contributed by atoms with Gasteiger partial charge in [0.25, 0.3) is 5.91 Å². The van der Waals surface area contributed by atoms with Crippen molar-refractivity contribution in [2.45, 2.75) is 33.8 Å². The lowest BCUT2D eigenvalue weighted by molar-refractivity contribution is 0.0587. The number of aliphatic hydroxyl groups excluding tert-OH is 1. The van der Waals surface area contributed by atoms with E-state index in [2.05, 4.69) is 17.1 Å². The Balaban J connectivity index is 2.60. The zero-order valence-electron chi connectivity index (χ0n) is 13.1. The van der Waals surface area contributed by atoms with Crippen LogP contribution in [0.2, 0.25) is 0 Å². The molecule has 1 unspecified atom stereocenters. The Labute approximate surface area is 121 Å². The summed E-state index contributed by atoms with van der Waals surface area (Å²) in [6.07, 6.45) is -0.558. The number of benzene rings is 1. The second kappa shape index (κ2) is 6.75. The topological polar surface area (TPSA) is 52.6 Å². The van der Waals surface area contributed by atoms with E-state index in [9.17, 15) is 9.90 Å². The van der Waals surface area contributed by atoms with Gasteiger partial charge in [-0.1, -0.05) is 20.8 Å². The summed E-state index contributed by atoms with van der Waals surface area (Å²) in [5.41, 5.74) is 1.46. The van der Waals surface area contributed by atoms with Crippen molar-refractivity contribution in [3.63, 3.8) is 0 Å². The fourth-order valence-electron chi connectivity index (χ4n) is 1.65. The minimum Gasteiger partial charge on any atom is -0.391 e. The van der Waals surface area contributed by atoms with Gasteiger partial charge in [0.2, 0.25) is 0 Å². The van der Waals surface area contributed by atoms with Crippen LogP contribution >= 0.6 is 0 Å². The molecule has 4 heteroatoms. The Hall–Kier alpha value is -1.55. The number of carbonyl (C=O) groups is 1. The number of carbonyl (C=O) groups excluding carboxylic acids is 1. The lowest BCUT2D eigenvalue weighted by Crippen LogP contribution is -2.39. The molecule has 0 fully saturated rings. The summed E-state index contributed by atoms with van der Waals surface area (Å²) < 4.78 is 0. The highest BCUT2D eigenvalue weighted by Gasteiger charge is 2.22. The van der Waals surface area contributed by atoms with Crippen molar-refractivity contribution in [1.82, 2.24) is 5.32 Å². The molecular weight excluding hydrogens is 252 g/mol. The van der Waals surface area contributed by atoms with Crippen LogP contribution in [-0.2, 0) is 0 Å². The zero-order chi connectivity index (χ0) is 15.3. The number of amides is 1. The van der Waals surface area contributed by atoms with E-state index in [1.807, 2.05) is 40.0 Å². The summed E-state index contributed by atoms with van der Waals surface area (Å²) in [4.78, 5) is 14.1. The van der Waals surface area contributed by atoms with Gasteiger partial charge in [0.15, 0.2) is 0 Å². The van der Waals surface area contributed by atoms with Crippen molar-refractivity contribution in [2.24, 2.45) is 5.41 Å². The van der Waals surface area contributed by atoms with Crippen LogP contribution in [0.25, 0.3) is 0 Å². The summed E-state index contributed by atoms with van der Waals surface area (Å²) in [5.74, 6) is -0.154. The highest BCUT2D eigenvalue weighted by Crippen LogP contribution is 2.18. The number of aliphatic hydroxyl groups is 1. The average molecular weight is 278 g/mol. The molecule has 1 amide bonds. The first-order valence-electron chi connectivity index (χ1n) is 7.03. The maximum absolute atomic E-state index is 12.0. The number of rotatable bonds is 5. The first-order valence-corrected chi connectivity index (χ1v) is 7.03. The van der Waals surface area contributed by atoms with Crippen LogP contribution in [0.1, 0.15) is 38.1 Å². The number of hydrogen-bond acceptors (Lipinski definition) is 3. The molecule has 1 atom stereocenters. The summed E-state index contributed by atoms with van der Waals surface area (Å²) in [6, 6.07) is 7.47. The predicted molar refractivity (Wildman–Crippen MR) is 83.2 cm³/mol. The molecule has 0 aromatic heterocycles. The Morgan fingerprint density at radius 3 is 2.30 bits per heavy atom. The fraction of sp³-hybridized carbons (Fsp3) is 0.562. The third-order valence-electron chi connectivity index (χ3n) is 3.50. The van der Waals surface area contributed by atoms with Gasteiger partial charge < -0.3 is 15.3 Å². The average Bonchev–Trinajstić information content (AvgIpc) is 2.42. The Kier molecular flexibility index (Phi) is 5.57. The molecular formula is C16H26N2O2. The molecule has 0 aliphatic carbocycles. The molecule has 1 aromatic rings. The molecule has 1 rings (SSSR count). The quantitative estimate of drug-likeness (QED) is 0.869. The smallest absolute Gasteiger partial charge is 0.251 e. The largest absolute Gasteiger partial charge is 0.391 e. The van der Waals surface area contributed by atoms with Crippen molar-refractivity contribution >= 4 is 11.6 Å². The van der Waals surface area contributed by atoms with E-state index < -0.39 is 6.10 Å². The summed E-state index contributed by atoms with van der Waals surface area (Å²) >= 11 is 0. The molecule has 0 aliphatic heterocycles. The van der Waals surface area contributed by atoms with Crippen LogP contribution in [-0.4, -0.2) is 37.3 Å². The van der Waals surface area contributed by atoms with Crippen molar-refractivity contribution in [2.75, 3.05) is 25.0 Å². The highest BCUT2D eigenvalue weighted by atomic mass is 16.3. The second-order valence-corrected chi connectivity index (χ2v) is 6.15. The second-order valence-electron chi connectivity index (χ2n) is 6.15. The van der Waals surface area contributed by atoms with E-state index in [4.69, 9.17) is 0 Å². The molecule has 1 aromatic carbocycles. The van der Waals surface area contributed by atoms with Crippen LogP contribution < -0.4 is 10.2 Å². The van der Waals surface area contributed by atoms with E-state index in [1.165, 1.54) is 0 Å². The third kappa shape index (κ3) is 4.53. The van der Waals surface area contributed by atoms with E-state index in [-0.39, 0.29) is 17.9 Å². The number of anilines is 1. The summed E-state index contributed by atoms with van der Waals surface area (Å²) in [7, 11) is 2.01. The Morgan fingerprint density at radius 2 is 1.85 bits per heavy atom. The molecule has 0 bridgehead atoms. The first kappa shape index (κ1) is 16.5. The van der Waals surface area contributed by atoms with Gasteiger partial charge in [-0.25, -0.2) is 0 Å². The van der Waals surface area contributed by atoms with Gasteiger partial charge in [-0.05, 0) is 36.6 Å². The van der Waals surface area contributed by atoms with Crippen LogP contribution in [0.15, 0.2) is 24.3 Å². The highest BCUT2D eigenvalue weighted by molar-refractivity contribution is 5.94. The normalized spacial score (nSPS) is 12.9. The summed E-state index contributed by atoms with van der Waals surface area (Å²) in [6.45, 7) is 9.09. The predicted octanol–water partition coefficient (Wildman–Crippen LogP) is 2.28. The van der Waals surface area contributed by atoms with Gasteiger partial charge in [-0.3, -0.25) is 4.79 Å².